The zero-order valence-corrected chi connectivity index (χ0v) is 18.9. The molecule has 1 heterocycles. The van der Waals surface area contributed by atoms with Gasteiger partial charge in [0, 0.05) is 22.0 Å². The van der Waals surface area contributed by atoms with Crippen LogP contribution in [0, 0.1) is 0 Å². The van der Waals surface area contributed by atoms with Crippen LogP contribution in [0.4, 0.5) is 0 Å². The van der Waals surface area contributed by atoms with E-state index in [0.717, 1.165) is 39.9 Å². The summed E-state index contributed by atoms with van der Waals surface area (Å²) < 4.78 is 5.54. The monoisotopic (exact) mass is 444 g/mol. The number of amides is 1. The molecule has 0 fully saturated rings. The van der Waals surface area contributed by atoms with Gasteiger partial charge >= 0.3 is 0 Å². The molecule has 0 aliphatic heterocycles. The third kappa shape index (κ3) is 5.09. The summed E-state index contributed by atoms with van der Waals surface area (Å²) in [6.07, 6.45) is 0.720. The highest BCUT2D eigenvalue weighted by Crippen LogP contribution is 2.26. The zero-order valence-electron chi connectivity index (χ0n) is 18.1. The number of fused-ring (bicyclic) bond motifs is 1. The minimum Gasteiger partial charge on any atom is -0.494 e. The average molecular weight is 445 g/mol. The topological polar surface area (TPSA) is 51.2 Å². The van der Waals surface area contributed by atoms with Crippen LogP contribution < -0.4 is 10.1 Å². The lowest BCUT2D eigenvalue weighted by Gasteiger charge is -2.16. The van der Waals surface area contributed by atoms with E-state index in [0.29, 0.717) is 17.2 Å². The third-order valence-corrected chi connectivity index (χ3v) is 5.51. The molecule has 0 saturated carbocycles. The summed E-state index contributed by atoms with van der Waals surface area (Å²) in [7, 11) is 0. The fourth-order valence-electron chi connectivity index (χ4n) is 3.73. The molecule has 0 aliphatic rings. The van der Waals surface area contributed by atoms with Gasteiger partial charge in [-0.1, -0.05) is 41.9 Å². The van der Waals surface area contributed by atoms with Crippen molar-refractivity contribution >= 4 is 28.4 Å². The van der Waals surface area contributed by atoms with Gasteiger partial charge in [0.2, 0.25) is 0 Å². The van der Waals surface area contributed by atoms with E-state index in [2.05, 4.69) is 5.32 Å². The van der Waals surface area contributed by atoms with Gasteiger partial charge in [0.15, 0.2) is 0 Å². The van der Waals surface area contributed by atoms with Gasteiger partial charge in [0.25, 0.3) is 5.91 Å². The second kappa shape index (κ2) is 9.84. The number of hydrogen-bond acceptors (Lipinski definition) is 3. The largest absolute Gasteiger partial charge is 0.494 e. The Labute approximate surface area is 193 Å². The van der Waals surface area contributed by atoms with Gasteiger partial charge in [-0.25, -0.2) is 4.98 Å². The molecule has 4 nitrogen and oxygen atoms in total. The number of benzene rings is 3. The van der Waals surface area contributed by atoms with Gasteiger partial charge in [-0.2, -0.15) is 0 Å². The predicted octanol–water partition coefficient (Wildman–Crippen LogP) is 6.31. The molecule has 3 aromatic carbocycles. The average Bonchev–Trinajstić information content (AvgIpc) is 2.80. The first-order chi connectivity index (χ1) is 15.5. The van der Waals surface area contributed by atoms with Crippen molar-refractivity contribution in [3.8, 4) is 17.0 Å². The molecule has 32 heavy (non-hydrogen) atoms. The van der Waals surface area contributed by atoms with E-state index >= 15 is 0 Å². The number of rotatable bonds is 7. The highest BCUT2D eigenvalue weighted by atomic mass is 35.5. The summed E-state index contributed by atoms with van der Waals surface area (Å²) in [5.41, 5.74) is 4.21. The molecule has 5 heteroatoms. The molecule has 1 atom stereocenters. The first-order valence-electron chi connectivity index (χ1n) is 10.7. The van der Waals surface area contributed by atoms with E-state index in [1.54, 1.807) is 0 Å². The van der Waals surface area contributed by atoms with Crippen molar-refractivity contribution < 1.29 is 9.53 Å². The number of nitrogens with zero attached hydrogens (tertiary/aromatic N) is 1. The molecule has 0 unspecified atom stereocenters. The Bertz CT molecular complexity index is 1220. The second-order valence-electron chi connectivity index (χ2n) is 7.73. The van der Waals surface area contributed by atoms with Gasteiger partial charge in [-0.05, 0) is 74.4 Å². The zero-order chi connectivity index (χ0) is 22.5. The minimum atomic E-state index is -0.114. The minimum absolute atomic E-state index is 0.0375. The SMILES string of the molecule is CCOc1ccc(-c2cc(C(=O)N[C@@H](C)Cc3ccc(Cl)cc3)c3ccccc3n2)cc1. The maximum absolute atomic E-state index is 13.3. The highest BCUT2D eigenvalue weighted by Gasteiger charge is 2.16. The maximum atomic E-state index is 13.3. The summed E-state index contributed by atoms with van der Waals surface area (Å²) >= 11 is 5.98. The van der Waals surface area contributed by atoms with E-state index in [4.69, 9.17) is 21.3 Å². The Morgan fingerprint density at radius 3 is 2.47 bits per heavy atom. The van der Waals surface area contributed by atoms with E-state index in [1.807, 2.05) is 92.7 Å². The third-order valence-electron chi connectivity index (χ3n) is 5.25. The summed E-state index contributed by atoms with van der Waals surface area (Å²) in [5.74, 6) is 0.697. The van der Waals surface area contributed by atoms with Gasteiger partial charge in [0.1, 0.15) is 5.75 Å². The molecule has 4 rings (SSSR count). The summed E-state index contributed by atoms with van der Waals surface area (Å²) in [6.45, 7) is 4.58. The summed E-state index contributed by atoms with van der Waals surface area (Å²) in [4.78, 5) is 18.0. The van der Waals surface area contributed by atoms with Crippen molar-refractivity contribution in [1.29, 1.82) is 0 Å². The van der Waals surface area contributed by atoms with Crippen LogP contribution in [0.2, 0.25) is 5.02 Å². The Morgan fingerprint density at radius 1 is 1.03 bits per heavy atom. The Balaban J connectivity index is 1.61. The Kier molecular flexibility index (Phi) is 6.72. The molecule has 1 aromatic heterocycles. The van der Waals surface area contributed by atoms with Crippen LogP contribution in [0.1, 0.15) is 29.8 Å². The fraction of sp³-hybridized carbons (Fsp3) is 0.185. The van der Waals surface area contributed by atoms with Gasteiger partial charge in [0.05, 0.1) is 23.4 Å². The standard InChI is InChI=1S/C27H25ClN2O2/c1-3-32-22-14-10-20(11-15-22)26-17-24(23-6-4-5-7-25(23)30-26)27(31)29-18(2)16-19-8-12-21(28)13-9-19/h4-15,17-18H,3,16H2,1-2H3,(H,29,31)/t18-/m0/s1. The quantitative estimate of drug-likeness (QED) is 0.363. The van der Waals surface area contributed by atoms with Crippen molar-refractivity contribution in [1.82, 2.24) is 10.3 Å². The first kappa shape index (κ1) is 21.8. The van der Waals surface area contributed by atoms with Crippen LogP contribution in [0.3, 0.4) is 0 Å². The highest BCUT2D eigenvalue weighted by molar-refractivity contribution is 6.30. The van der Waals surface area contributed by atoms with Crippen molar-refractivity contribution in [2.75, 3.05) is 6.61 Å². The van der Waals surface area contributed by atoms with E-state index in [9.17, 15) is 4.79 Å². The van der Waals surface area contributed by atoms with Crippen molar-refractivity contribution in [2.24, 2.45) is 0 Å². The van der Waals surface area contributed by atoms with Crippen LogP contribution >= 0.6 is 11.6 Å². The Hall–Kier alpha value is -3.37. The van der Waals surface area contributed by atoms with E-state index in [-0.39, 0.29) is 11.9 Å². The molecular weight excluding hydrogens is 420 g/mol. The number of ether oxygens (including phenoxy) is 1. The van der Waals surface area contributed by atoms with E-state index < -0.39 is 0 Å². The van der Waals surface area contributed by atoms with Crippen LogP contribution in [0.15, 0.2) is 78.9 Å². The number of halogens is 1. The molecule has 162 valence electrons. The summed E-state index contributed by atoms with van der Waals surface area (Å²) in [6, 6.07) is 25.0. The molecular formula is C27H25ClN2O2. The number of carbonyl (C=O) groups is 1. The number of hydrogen-bond donors (Lipinski definition) is 1. The molecule has 0 radical (unpaired) electrons. The smallest absolute Gasteiger partial charge is 0.252 e. The second-order valence-corrected chi connectivity index (χ2v) is 8.17. The molecule has 1 amide bonds. The maximum Gasteiger partial charge on any atom is 0.252 e. The van der Waals surface area contributed by atoms with Crippen LogP contribution in [-0.4, -0.2) is 23.5 Å². The van der Waals surface area contributed by atoms with Gasteiger partial charge in [-0.15, -0.1) is 0 Å². The number of nitrogens with one attached hydrogen (secondary N) is 1. The molecule has 1 N–H and O–H groups in total. The summed E-state index contributed by atoms with van der Waals surface area (Å²) in [5, 5.41) is 4.67. The normalized spacial score (nSPS) is 11.8. The van der Waals surface area contributed by atoms with Crippen molar-refractivity contribution in [3.05, 3.63) is 95.0 Å². The number of carbonyl (C=O) groups excluding carboxylic acids is 1. The lowest BCUT2D eigenvalue weighted by Crippen LogP contribution is -2.34. The molecule has 4 aromatic rings. The van der Waals surface area contributed by atoms with Crippen LogP contribution in [0.25, 0.3) is 22.2 Å². The lowest BCUT2D eigenvalue weighted by atomic mass is 10.0. The molecule has 0 saturated heterocycles. The lowest BCUT2D eigenvalue weighted by molar-refractivity contribution is 0.0941. The van der Waals surface area contributed by atoms with E-state index in [1.165, 1.54) is 0 Å². The van der Waals surface area contributed by atoms with Crippen LogP contribution in [-0.2, 0) is 6.42 Å². The first-order valence-corrected chi connectivity index (χ1v) is 11.1. The van der Waals surface area contributed by atoms with Gasteiger partial charge < -0.3 is 10.1 Å². The molecule has 0 bridgehead atoms. The van der Waals surface area contributed by atoms with Crippen molar-refractivity contribution in [3.63, 3.8) is 0 Å². The molecule has 0 spiro atoms. The number of para-hydroxylation sites is 1. The molecule has 0 aliphatic carbocycles. The van der Waals surface area contributed by atoms with Crippen LogP contribution in [0.5, 0.6) is 5.75 Å². The Morgan fingerprint density at radius 2 is 1.75 bits per heavy atom. The number of pyridine rings is 1. The van der Waals surface area contributed by atoms with Crippen molar-refractivity contribution in [2.45, 2.75) is 26.3 Å². The number of aromatic nitrogens is 1. The van der Waals surface area contributed by atoms with Gasteiger partial charge in [-0.3, -0.25) is 4.79 Å². The fourth-order valence-corrected chi connectivity index (χ4v) is 3.85. The predicted molar refractivity (Wildman–Crippen MR) is 130 cm³/mol.